The molecule has 10 aromatic carbocycles. The minimum Gasteiger partial charge on any atom is -0.311 e. The number of thiophene rings is 1. The first-order valence-electron chi connectivity index (χ1n) is 28.3. The molecule has 0 atom stereocenters. The van der Waals surface area contributed by atoms with Gasteiger partial charge >= 0.3 is 0 Å². The van der Waals surface area contributed by atoms with Crippen LogP contribution in [0.3, 0.4) is 0 Å². The van der Waals surface area contributed by atoms with E-state index in [1.807, 2.05) is 0 Å². The Morgan fingerprint density at radius 3 is 1.38 bits per heavy atom. The number of nitrogens with zero attached hydrogens (tertiary/aromatic N) is 2. The minimum absolute atomic E-state index is 0.00492. The van der Waals surface area contributed by atoms with Crippen molar-refractivity contribution in [2.24, 2.45) is 0 Å². The van der Waals surface area contributed by atoms with Gasteiger partial charge in [-0.1, -0.05) is 217 Å². The molecule has 0 fully saturated rings. The molecule has 0 bridgehead atoms. The fourth-order valence-corrected chi connectivity index (χ4v) is 17.4. The fourth-order valence-electron chi connectivity index (χ4n) is 15.7. The molecule has 3 heterocycles. The van der Waals surface area contributed by atoms with E-state index in [1.165, 1.54) is 155 Å². The summed E-state index contributed by atoms with van der Waals surface area (Å²) >= 11 is 2.08. The highest BCUT2D eigenvalue weighted by molar-refractivity contribution is 7.30. The Bertz CT molecular complexity index is 4400. The van der Waals surface area contributed by atoms with Crippen molar-refractivity contribution in [2.75, 3.05) is 9.80 Å². The fraction of sp³-hybridized carbons (Fsp3) is 0.147. The van der Waals surface area contributed by atoms with Gasteiger partial charge < -0.3 is 9.80 Å². The molecule has 0 saturated carbocycles. The lowest BCUT2D eigenvalue weighted by atomic mass is 9.36. The van der Waals surface area contributed by atoms with Gasteiger partial charge in [0.05, 0.1) is 16.5 Å². The number of fused-ring (bicyclic) bond motifs is 25. The standard InChI is InChI=1S/C75H57BN2S/c1-44-39-65-68-66(40-44)78(47-21-9-8-10-22-47)69-67-54-38-35-46(73(5,6)7)41-61(54)75(59-31-19-13-25-51(59)52-26-14-20-32-60(52)75)70(67)79-71(69)76(68)63-42-55-53-27-15-18-30-58(53)74(56-28-16-11-23-49(56)50-24-12-17-29-57(50)74)62(55)43-64(63)77(65)48-36-33-45(34-37-48)72(2,3)4/h8-43H,1-7H3. The van der Waals surface area contributed by atoms with E-state index in [-0.39, 0.29) is 17.5 Å². The normalized spacial score (nSPS) is 15.4. The van der Waals surface area contributed by atoms with Crippen molar-refractivity contribution in [2.45, 2.75) is 70.1 Å². The van der Waals surface area contributed by atoms with Gasteiger partial charge in [0.1, 0.15) is 0 Å². The Morgan fingerprint density at radius 2 is 0.835 bits per heavy atom. The van der Waals surface area contributed by atoms with Gasteiger partial charge in [0.2, 0.25) is 0 Å². The van der Waals surface area contributed by atoms with Gasteiger partial charge in [0.15, 0.2) is 0 Å². The summed E-state index contributed by atoms with van der Waals surface area (Å²) in [6.45, 7) is 16.3. The molecule has 4 aliphatic carbocycles. The lowest BCUT2D eigenvalue weighted by molar-refractivity contribution is 0.588. The predicted molar refractivity (Wildman–Crippen MR) is 333 cm³/mol. The van der Waals surface area contributed by atoms with Crippen molar-refractivity contribution in [3.8, 4) is 44.5 Å². The molecule has 0 unspecified atom stereocenters. The van der Waals surface area contributed by atoms with Crippen molar-refractivity contribution in [1.29, 1.82) is 0 Å². The van der Waals surface area contributed by atoms with Crippen LogP contribution in [0.4, 0.5) is 34.1 Å². The maximum atomic E-state index is 2.68. The molecular formula is C75H57BN2S. The van der Waals surface area contributed by atoms with Gasteiger partial charge in [0.25, 0.3) is 6.71 Å². The van der Waals surface area contributed by atoms with Crippen LogP contribution in [0, 0.1) is 6.92 Å². The Morgan fingerprint density at radius 1 is 0.380 bits per heavy atom. The zero-order valence-electron chi connectivity index (χ0n) is 45.7. The molecule has 0 amide bonds. The van der Waals surface area contributed by atoms with Crippen LogP contribution in [-0.4, -0.2) is 6.71 Å². The molecule has 0 N–H and O–H groups in total. The smallest absolute Gasteiger partial charge is 0.264 e. The van der Waals surface area contributed by atoms with E-state index in [0.29, 0.717) is 0 Å². The van der Waals surface area contributed by atoms with Crippen molar-refractivity contribution >= 4 is 67.9 Å². The topological polar surface area (TPSA) is 6.48 Å². The minimum atomic E-state index is -0.515. The lowest BCUT2D eigenvalue weighted by Gasteiger charge is -2.44. The monoisotopic (exact) mass is 1030 g/mol. The summed E-state index contributed by atoms with van der Waals surface area (Å²) in [7, 11) is 0. The number of hydrogen-bond donors (Lipinski definition) is 0. The summed E-state index contributed by atoms with van der Waals surface area (Å²) in [6.07, 6.45) is 0. The van der Waals surface area contributed by atoms with E-state index in [1.54, 1.807) is 0 Å². The number of hydrogen-bond acceptors (Lipinski definition) is 3. The third kappa shape index (κ3) is 5.63. The van der Waals surface area contributed by atoms with Crippen LogP contribution in [0.5, 0.6) is 0 Å². The summed E-state index contributed by atoms with van der Waals surface area (Å²) in [5.74, 6) is 0. The zero-order chi connectivity index (χ0) is 53.1. The van der Waals surface area contributed by atoms with Gasteiger partial charge in [0, 0.05) is 43.7 Å². The third-order valence-corrected chi connectivity index (χ3v) is 20.4. The van der Waals surface area contributed by atoms with Gasteiger partial charge in [-0.25, -0.2) is 0 Å². The number of rotatable bonds is 2. The molecule has 79 heavy (non-hydrogen) atoms. The molecule has 0 radical (unpaired) electrons. The Hall–Kier alpha value is -8.44. The van der Waals surface area contributed by atoms with E-state index in [9.17, 15) is 0 Å². The zero-order valence-corrected chi connectivity index (χ0v) is 46.5. The van der Waals surface area contributed by atoms with Crippen LogP contribution >= 0.6 is 11.3 Å². The van der Waals surface area contributed by atoms with E-state index >= 15 is 0 Å². The Labute approximate surface area is 468 Å². The molecule has 376 valence electrons. The molecular weight excluding hydrogens is 972 g/mol. The first-order chi connectivity index (χ1) is 38.4. The van der Waals surface area contributed by atoms with Crippen LogP contribution < -0.4 is 25.5 Å². The maximum absolute atomic E-state index is 2.68. The van der Waals surface area contributed by atoms with Crippen LogP contribution in [0.25, 0.3) is 44.5 Å². The first kappa shape index (κ1) is 45.6. The molecule has 2 aliphatic heterocycles. The number of para-hydroxylation sites is 1. The summed E-state index contributed by atoms with van der Waals surface area (Å²) in [6, 6.07) is 85.1. The third-order valence-electron chi connectivity index (χ3n) is 19.0. The highest BCUT2D eigenvalue weighted by Gasteiger charge is 2.58. The van der Waals surface area contributed by atoms with E-state index in [2.05, 4.69) is 288 Å². The van der Waals surface area contributed by atoms with Crippen LogP contribution in [0.1, 0.15) is 102 Å². The Kier molecular flexibility index (Phi) is 8.90. The molecule has 1 aromatic heterocycles. The first-order valence-corrected chi connectivity index (χ1v) is 29.1. The average Bonchev–Trinajstić information content (AvgIpc) is 1.97. The molecule has 4 heteroatoms. The molecule has 0 saturated heterocycles. The summed E-state index contributed by atoms with van der Waals surface area (Å²) in [5.41, 5.74) is 33.2. The number of benzene rings is 10. The van der Waals surface area contributed by atoms with Gasteiger partial charge in [-0.2, -0.15) is 0 Å². The average molecular weight is 1030 g/mol. The summed E-state index contributed by atoms with van der Waals surface area (Å²) < 4.78 is 1.40. The maximum Gasteiger partial charge on any atom is 0.264 e. The molecule has 6 aliphatic rings. The summed E-state index contributed by atoms with van der Waals surface area (Å²) in [4.78, 5) is 6.75. The summed E-state index contributed by atoms with van der Waals surface area (Å²) in [5, 5.41) is 0. The predicted octanol–water partition coefficient (Wildman–Crippen LogP) is 17.4. The van der Waals surface area contributed by atoms with Crippen LogP contribution in [0.2, 0.25) is 0 Å². The van der Waals surface area contributed by atoms with Crippen molar-refractivity contribution in [3.05, 3.63) is 279 Å². The van der Waals surface area contributed by atoms with E-state index in [4.69, 9.17) is 0 Å². The van der Waals surface area contributed by atoms with E-state index < -0.39 is 10.8 Å². The highest BCUT2D eigenvalue weighted by atomic mass is 32.1. The second-order valence-electron chi connectivity index (χ2n) is 25.2. The Balaban J connectivity index is 1.03. The number of anilines is 6. The molecule has 2 nitrogen and oxygen atoms in total. The second-order valence-corrected chi connectivity index (χ2v) is 26.2. The molecule has 11 aromatic rings. The van der Waals surface area contributed by atoms with Crippen LogP contribution in [-0.2, 0) is 21.7 Å². The van der Waals surface area contributed by atoms with Gasteiger partial charge in [-0.15, -0.1) is 11.3 Å². The SMILES string of the molecule is Cc1cc2c3c(c1)N(c1ccccc1)c1c(sc4c1-c1ccc(C(C)(C)C)cc1C41c4ccccc4-c4ccccc41)B3c1cc3c(cc1N2c1ccc(C(C)(C)C)cc1)C1(c2ccccc2-c2ccccc21)c1ccccc1-3. The lowest BCUT2D eigenvalue weighted by Crippen LogP contribution is -2.60. The second kappa shape index (κ2) is 15.4. The van der Waals surface area contributed by atoms with Gasteiger partial charge in [-0.05, 0) is 166 Å². The number of aryl methyl sites for hydroxylation is 1. The molecule has 2 spiro atoms. The van der Waals surface area contributed by atoms with Gasteiger partial charge in [-0.3, -0.25) is 0 Å². The van der Waals surface area contributed by atoms with Crippen molar-refractivity contribution in [3.63, 3.8) is 0 Å². The van der Waals surface area contributed by atoms with Crippen LogP contribution in [0.15, 0.2) is 218 Å². The largest absolute Gasteiger partial charge is 0.311 e. The van der Waals surface area contributed by atoms with Crippen molar-refractivity contribution < 1.29 is 0 Å². The molecule has 17 rings (SSSR count). The highest BCUT2D eigenvalue weighted by Crippen LogP contribution is 2.68. The van der Waals surface area contributed by atoms with Crippen molar-refractivity contribution in [1.82, 2.24) is 0 Å². The van der Waals surface area contributed by atoms with E-state index in [0.717, 1.165) is 0 Å². The quantitative estimate of drug-likeness (QED) is 0.159.